The zero-order valence-corrected chi connectivity index (χ0v) is 14.9. The Morgan fingerprint density at radius 1 is 0.963 bits per heavy atom. The summed E-state index contributed by atoms with van der Waals surface area (Å²) in [7, 11) is 1.69. The average molecular weight is 364 g/mol. The van der Waals surface area contributed by atoms with Crippen molar-refractivity contribution in [2.24, 2.45) is 13.0 Å². The highest BCUT2D eigenvalue weighted by atomic mass is 16.2. The number of amides is 2. The number of imidazole rings is 1. The van der Waals surface area contributed by atoms with Crippen molar-refractivity contribution in [1.29, 1.82) is 0 Å². The Hall–Kier alpha value is -3.35. The predicted molar refractivity (Wildman–Crippen MR) is 104 cm³/mol. The molecule has 2 aromatic carbocycles. The molecular formula is C20H20N4O3. The Balaban J connectivity index is 1.44. The van der Waals surface area contributed by atoms with Crippen molar-refractivity contribution >= 4 is 34.2 Å². The number of nitrogens with one attached hydrogen (secondary N) is 2. The van der Waals surface area contributed by atoms with Crippen LogP contribution in [-0.4, -0.2) is 20.9 Å². The minimum absolute atomic E-state index is 0.0436. The minimum atomic E-state index is -0.289. The largest absolute Gasteiger partial charge is 0.329 e. The minimum Gasteiger partial charge on any atom is -0.326 e. The maximum absolute atomic E-state index is 12.4. The van der Waals surface area contributed by atoms with Crippen molar-refractivity contribution < 1.29 is 9.59 Å². The van der Waals surface area contributed by atoms with Crippen LogP contribution in [0.25, 0.3) is 11.0 Å². The Morgan fingerprint density at radius 3 is 2.19 bits per heavy atom. The van der Waals surface area contributed by atoms with E-state index in [0.717, 1.165) is 23.9 Å². The molecule has 27 heavy (non-hydrogen) atoms. The fraction of sp³-hybridized carbons (Fsp3) is 0.250. The topological polar surface area (TPSA) is 85.1 Å². The molecule has 1 saturated carbocycles. The van der Waals surface area contributed by atoms with Crippen LogP contribution < -0.4 is 16.3 Å². The molecule has 4 rings (SSSR count). The lowest BCUT2D eigenvalue weighted by atomic mass is 10.2. The lowest BCUT2D eigenvalue weighted by Crippen LogP contribution is -2.28. The van der Waals surface area contributed by atoms with Gasteiger partial charge < -0.3 is 10.6 Å². The maximum Gasteiger partial charge on any atom is 0.329 e. The first-order valence-corrected chi connectivity index (χ1v) is 8.88. The predicted octanol–water partition coefficient (Wildman–Crippen LogP) is 2.33. The first-order chi connectivity index (χ1) is 13.0. The van der Waals surface area contributed by atoms with Crippen LogP contribution in [-0.2, 0) is 23.2 Å². The van der Waals surface area contributed by atoms with E-state index in [4.69, 9.17) is 0 Å². The number of nitrogens with zero attached hydrogens (tertiary/aromatic N) is 2. The van der Waals surface area contributed by atoms with Gasteiger partial charge in [-0.1, -0.05) is 12.1 Å². The highest BCUT2D eigenvalue weighted by molar-refractivity contribution is 5.95. The molecule has 1 aromatic heterocycles. The number of benzene rings is 2. The van der Waals surface area contributed by atoms with Gasteiger partial charge in [0.2, 0.25) is 11.8 Å². The summed E-state index contributed by atoms with van der Waals surface area (Å²) in [6.45, 7) is -0.0691. The van der Waals surface area contributed by atoms with E-state index in [1.165, 1.54) is 9.13 Å². The number of rotatable bonds is 5. The van der Waals surface area contributed by atoms with Gasteiger partial charge in [0.25, 0.3) is 0 Å². The van der Waals surface area contributed by atoms with Gasteiger partial charge in [-0.05, 0) is 49.2 Å². The molecule has 0 aliphatic heterocycles. The molecule has 1 aliphatic carbocycles. The Morgan fingerprint density at radius 2 is 1.56 bits per heavy atom. The van der Waals surface area contributed by atoms with Gasteiger partial charge in [-0.2, -0.15) is 0 Å². The van der Waals surface area contributed by atoms with E-state index < -0.39 is 0 Å². The monoisotopic (exact) mass is 364 g/mol. The molecule has 0 atom stereocenters. The second kappa shape index (κ2) is 6.75. The van der Waals surface area contributed by atoms with Crippen LogP contribution in [0.4, 0.5) is 11.4 Å². The van der Waals surface area contributed by atoms with Gasteiger partial charge in [0.05, 0.1) is 11.0 Å². The van der Waals surface area contributed by atoms with Crippen molar-refractivity contribution in [2.45, 2.75) is 19.4 Å². The number of aryl methyl sites for hydroxylation is 1. The third-order valence-electron chi connectivity index (χ3n) is 4.74. The highest BCUT2D eigenvalue weighted by Gasteiger charge is 2.29. The normalized spacial score (nSPS) is 13.5. The fourth-order valence-corrected chi connectivity index (χ4v) is 3.09. The van der Waals surface area contributed by atoms with Crippen LogP contribution in [0.3, 0.4) is 0 Å². The van der Waals surface area contributed by atoms with Crippen molar-refractivity contribution in [3.8, 4) is 0 Å². The van der Waals surface area contributed by atoms with E-state index in [1.807, 2.05) is 24.3 Å². The quantitative estimate of drug-likeness (QED) is 0.729. The zero-order valence-electron chi connectivity index (χ0n) is 14.9. The van der Waals surface area contributed by atoms with Gasteiger partial charge in [-0.25, -0.2) is 4.79 Å². The van der Waals surface area contributed by atoms with E-state index in [-0.39, 0.29) is 30.0 Å². The first-order valence-electron chi connectivity index (χ1n) is 8.88. The van der Waals surface area contributed by atoms with Crippen LogP contribution in [0.15, 0.2) is 53.3 Å². The molecule has 7 heteroatoms. The summed E-state index contributed by atoms with van der Waals surface area (Å²) < 4.78 is 2.98. The lowest BCUT2D eigenvalue weighted by Gasteiger charge is -2.08. The number of aromatic nitrogens is 2. The van der Waals surface area contributed by atoms with Gasteiger partial charge in [-0.3, -0.25) is 18.7 Å². The lowest BCUT2D eigenvalue weighted by molar-refractivity contribution is -0.117. The van der Waals surface area contributed by atoms with Crippen molar-refractivity contribution in [2.75, 3.05) is 10.6 Å². The molecule has 0 unspecified atom stereocenters. The highest BCUT2D eigenvalue weighted by Crippen LogP contribution is 2.30. The number of hydrogen-bond donors (Lipinski definition) is 2. The second-order valence-corrected chi connectivity index (χ2v) is 6.81. The first kappa shape index (κ1) is 17.1. The molecule has 0 spiro atoms. The molecule has 1 heterocycles. The Labute approximate surface area is 155 Å². The average Bonchev–Trinajstić information content (AvgIpc) is 3.49. The summed E-state index contributed by atoms with van der Waals surface area (Å²) in [5.41, 5.74) is 2.58. The van der Waals surface area contributed by atoms with Crippen molar-refractivity contribution in [3.63, 3.8) is 0 Å². The van der Waals surface area contributed by atoms with Crippen molar-refractivity contribution in [3.05, 3.63) is 59.0 Å². The van der Waals surface area contributed by atoms with Gasteiger partial charge in [-0.15, -0.1) is 0 Å². The molecule has 0 saturated heterocycles. The summed E-state index contributed by atoms with van der Waals surface area (Å²) >= 11 is 0. The van der Waals surface area contributed by atoms with Crippen LogP contribution in [0.1, 0.15) is 12.8 Å². The van der Waals surface area contributed by atoms with E-state index in [9.17, 15) is 14.4 Å². The van der Waals surface area contributed by atoms with Crippen LogP contribution >= 0.6 is 0 Å². The van der Waals surface area contributed by atoms with E-state index >= 15 is 0 Å². The van der Waals surface area contributed by atoms with Gasteiger partial charge >= 0.3 is 5.69 Å². The summed E-state index contributed by atoms with van der Waals surface area (Å²) in [4.78, 5) is 36.6. The van der Waals surface area contributed by atoms with E-state index in [2.05, 4.69) is 10.6 Å². The van der Waals surface area contributed by atoms with Gasteiger partial charge in [0, 0.05) is 24.3 Å². The zero-order chi connectivity index (χ0) is 19.0. The number of hydrogen-bond acceptors (Lipinski definition) is 3. The van der Waals surface area contributed by atoms with Gasteiger partial charge in [0.15, 0.2) is 0 Å². The van der Waals surface area contributed by atoms with Crippen LogP contribution in [0.2, 0.25) is 0 Å². The standard InChI is InChI=1S/C20H20N4O3/c1-23-16-4-2-3-5-17(16)24(20(23)27)12-18(25)21-14-8-10-15(11-9-14)22-19(26)13-6-7-13/h2-5,8-11,13H,6-7,12H2,1H3,(H,21,25)(H,22,26). The molecule has 0 radical (unpaired) electrons. The summed E-state index contributed by atoms with van der Waals surface area (Å²) in [5, 5.41) is 5.64. The molecule has 3 aromatic rings. The Kier molecular flexibility index (Phi) is 4.27. The summed E-state index contributed by atoms with van der Waals surface area (Å²) in [6, 6.07) is 14.3. The smallest absolute Gasteiger partial charge is 0.326 e. The van der Waals surface area contributed by atoms with E-state index in [0.29, 0.717) is 11.4 Å². The molecule has 138 valence electrons. The molecule has 0 bridgehead atoms. The second-order valence-electron chi connectivity index (χ2n) is 6.81. The van der Waals surface area contributed by atoms with Crippen molar-refractivity contribution in [1.82, 2.24) is 9.13 Å². The number of anilines is 2. The summed E-state index contributed by atoms with van der Waals surface area (Å²) in [5.74, 6) is -0.103. The molecule has 2 amide bonds. The third-order valence-corrected chi connectivity index (χ3v) is 4.74. The van der Waals surface area contributed by atoms with Crippen LogP contribution in [0.5, 0.6) is 0 Å². The number of fused-ring (bicyclic) bond motifs is 1. The van der Waals surface area contributed by atoms with Gasteiger partial charge in [0.1, 0.15) is 6.54 Å². The number of para-hydroxylation sites is 2. The Bertz CT molecular complexity index is 1070. The molecule has 1 aliphatic rings. The molecule has 1 fully saturated rings. The molecular weight excluding hydrogens is 344 g/mol. The third kappa shape index (κ3) is 3.48. The number of carbonyl (C=O) groups is 2. The SMILES string of the molecule is Cn1c(=O)n(CC(=O)Nc2ccc(NC(=O)C3CC3)cc2)c2ccccc21. The molecule has 2 N–H and O–H groups in total. The fourth-order valence-electron chi connectivity index (χ4n) is 3.09. The number of carbonyl (C=O) groups excluding carboxylic acids is 2. The summed E-state index contributed by atoms with van der Waals surface area (Å²) in [6.07, 6.45) is 1.90. The van der Waals surface area contributed by atoms with E-state index in [1.54, 1.807) is 31.3 Å². The van der Waals surface area contributed by atoms with Crippen LogP contribution in [0, 0.1) is 5.92 Å². The molecule has 7 nitrogen and oxygen atoms in total. The maximum atomic E-state index is 12.4.